The van der Waals surface area contributed by atoms with Crippen LogP contribution in [-0.4, -0.2) is 59.0 Å². The van der Waals surface area contributed by atoms with E-state index >= 15 is 0 Å². The molecular weight excluding hydrogens is 567 g/mol. The van der Waals surface area contributed by atoms with E-state index in [-0.39, 0.29) is 19.6 Å². The Labute approximate surface area is 262 Å². The Morgan fingerprint density at radius 1 is 0.791 bits per heavy atom. The van der Waals surface area contributed by atoms with Gasteiger partial charge in [0.15, 0.2) is 0 Å². The molecule has 10 heteroatoms. The topological polar surface area (TPSA) is 151 Å². The van der Waals surface area contributed by atoms with Gasteiger partial charge < -0.3 is 26.2 Å². The van der Waals surface area contributed by atoms with Gasteiger partial charge in [-0.05, 0) is 32.1 Å². The van der Waals surface area contributed by atoms with Gasteiger partial charge in [0.1, 0.15) is 0 Å². The number of phosphoric acid groups is 1. The molecule has 6 N–H and O–H groups in total. The second kappa shape index (κ2) is 29.6. The molecule has 0 aromatic carbocycles. The van der Waals surface area contributed by atoms with E-state index in [1.54, 1.807) is 6.08 Å². The van der Waals surface area contributed by atoms with Crippen molar-refractivity contribution in [3.05, 3.63) is 24.3 Å². The first-order valence-corrected chi connectivity index (χ1v) is 18.5. The maximum atomic E-state index is 12.6. The van der Waals surface area contributed by atoms with Crippen molar-refractivity contribution in [1.82, 2.24) is 5.32 Å². The van der Waals surface area contributed by atoms with E-state index in [2.05, 4.69) is 31.3 Å². The van der Waals surface area contributed by atoms with Crippen molar-refractivity contribution in [2.45, 2.75) is 161 Å². The molecule has 254 valence electrons. The highest BCUT2D eigenvalue weighted by atomic mass is 31.2. The maximum absolute atomic E-state index is 12.6. The van der Waals surface area contributed by atoms with Gasteiger partial charge in [0, 0.05) is 6.54 Å². The van der Waals surface area contributed by atoms with Crippen LogP contribution in [0.2, 0.25) is 0 Å². The fourth-order valence-corrected chi connectivity index (χ4v) is 5.48. The van der Waals surface area contributed by atoms with Crippen LogP contribution in [0.3, 0.4) is 0 Å². The number of aliphatic hydroxyl groups is 2. The first-order chi connectivity index (χ1) is 20.8. The zero-order valence-corrected chi connectivity index (χ0v) is 28.2. The highest BCUT2D eigenvalue weighted by Gasteiger charge is 2.27. The van der Waals surface area contributed by atoms with E-state index in [0.717, 1.165) is 32.1 Å². The SMILES string of the molecule is CCCCCCCC/C=C/CC/C=C/C(O)C(COP(=O)(O)OCCN)NC(=O)CC(O)CCCCCCCCCCC. The van der Waals surface area contributed by atoms with Crippen molar-refractivity contribution in [3.63, 3.8) is 0 Å². The number of nitrogens with one attached hydrogen (secondary N) is 1. The third kappa shape index (κ3) is 28.2. The van der Waals surface area contributed by atoms with E-state index in [4.69, 9.17) is 14.8 Å². The van der Waals surface area contributed by atoms with Crippen LogP contribution >= 0.6 is 7.82 Å². The minimum Gasteiger partial charge on any atom is -0.393 e. The summed E-state index contributed by atoms with van der Waals surface area (Å²) in [4.78, 5) is 22.5. The number of carbonyl (C=O) groups excluding carboxylic acids is 1. The molecule has 0 aromatic heterocycles. The van der Waals surface area contributed by atoms with Crippen LogP contribution in [0.5, 0.6) is 0 Å². The van der Waals surface area contributed by atoms with Gasteiger partial charge in [-0.2, -0.15) is 0 Å². The number of amides is 1. The Morgan fingerprint density at radius 2 is 1.33 bits per heavy atom. The van der Waals surface area contributed by atoms with Gasteiger partial charge in [-0.1, -0.05) is 128 Å². The zero-order chi connectivity index (χ0) is 32.0. The molecule has 0 saturated heterocycles. The van der Waals surface area contributed by atoms with Crippen LogP contribution in [-0.2, 0) is 18.4 Å². The van der Waals surface area contributed by atoms with Gasteiger partial charge in [-0.25, -0.2) is 4.57 Å². The summed E-state index contributed by atoms with van der Waals surface area (Å²) in [6, 6.07) is -0.992. The number of hydrogen-bond donors (Lipinski definition) is 5. The molecule has 0 rings (SSSR count). The third-order valence-electron chi connectivity index (χ3n) is 7.33. The van der Waals surface area contributed by atoms with Crippen molar-refractivity contribution < 1.29 is 33.5 Å². The van der Waals surface area contributed by atoms with E-state index in [1.807, 2.05) is 6.08 Å². The third-order valence-corrected chi connectivity index (χ3v) is 8.32. The molecule has 0 saturated carbocycles. The van der Waals surface area contributed by atoms with Gasteiger partial charge in [0.05, 0.1) is 37.9 Å². The number of rotatable bonds is 31. The van der Waals surface area contributed by atoms with Gasteiger partial charge in [0.2, 0.25) is 5.91 Å². The number of allylic oxidation sites excluding steroid dienone is 3. The lowest BCUT2D eigenvalue weighted by Crippen LogP contribution is -2.46. The summed E-state index contributed by atoms with van der Waals surface area (Å²) in [5, 5.41) is 23.7. The van der Waals surface area contributed by atoms with Crippen molar-refractivity contribution in [1.29, 1.82) is 0 Å². The van der Waals surface area contributed by atoms with Gasteiger partial charge >= 0.3 is 7.82 Å². The first-order valence-electron chi connectivity index (χ1n) is 17.0. The molecule has 0 aliphatic rings. The summed E-state index contributed by atoms with van der Waals surface area (Å²) in [6.45, 7) is 3.87. The van der Waals surface area contributed by atoms with Crippen LogP contribution in [0, 0.1) is 0 Å². The maximum Gasteiger partial charge on any atom is 0.472 e. The Bertz CT molecular complexity index is 751. The number of carbonyl (C=O) groups is 1. The van der Waals surface area contributed by atoms with Crippen molar-refractivity contribution in [2.24, 2.45) is 5.73 Å². The number of nitrogens with two attached hydrogens (primary N) is 1. The number of hydrogen-bond acceptors (Lipinski definition) is 7. The zero-order valence-electron chi connectivity index (χ0n) is 27.3. The molecule has 0 heterocycles. The molecule has 0 aliphatic heterocycles. The second-order valence-corrected chi connectivity index (χ2v) is 13.0. The predicted octanol–water partition coefficient (Wildman–Crippen LogP) is 7.24. The average molecular weight is 633 g/mol. The summed E-state index contributed by atoms with van der Waals surface area (Å²) in [6.07, 6.45) is 27.0. The quantitative estimate of drug-likeness (QED) is 0.0305. The molecule has 1 amide bonds. The Kier molecular flexibility index (Phi) is 28.9. The van der Waals surface area contributed by atoms with E-state index in [0.29, 0.717) is 12.8 Å². The molecule has 9 nitrogen and oxygen atoms in total. The number of aliphatic hydroxyl groups excluding tert-OH is 2. The minimum absolute atomic E-state index is 0.0453. The normalized spacial score (nSPS) is 15.6. The molecule has 0 bridgehead atoms. The molecule has 0 spiro atoms. The highest BCUT2D eigenvalue weighted by Crippen LogP contribution is 2.43. The largest absolute Gasteiger partial charge is 0.472 e. The molecule has 43 heavy (non-hydrogen) atoms. The Hall–Kier alpha value is -1.06. The first kappa shape index (κ1) is 41.9. The molecule has 0 aliphatic carbocycles. The van der Waals surface area contributed by atoms with Crippen molar-refractivity contribution >= 4 is 13.7 Å². The summed E-state index contributed by atoms with van der Waals surface area (Å²) in [5.74, 6) is -0.460. The predicted molar refractivity (Wildman–Crippen MR) is 177 cm³/mol. The van der Waals surface area contributed by atoms with E-state index < -0.39 is 38.6 Å². The average Bonchev–Trinajstić information content (AvgIpc) is 2.97. The molecule has 4 atom stereocenters. The second-order valence-electron chi connectivity index (χ2n) is 11.6. The molecule has 0 fully saturated rings. The van der Waals surface area contributed by atoms with Crippen LogP contribution in [0.4, 0.5) is 0 Å². The lowest BCUT2D eigenvalue weighted by molar-refractivity contribution is -0.124. The molecule has 4 unspecified atom stereocenters. The lowest BCUT2D eigenvalue weighted by Gasteiger charge is -2.24. The van der Waals surface area contributed by atoms with Crippen molar-refractivity contribution in [3.8, 4) is 0 Å². The van der Waals surface area contributed by atoms with Crippen LogP contribution in [0.15, 0.2) is 24.3 Å². The smallest absolute Gasteiger partial charge is 0.393 e. The molecule has 0 aromatic rings. The van der Waals surface area contributed by atoms with Crippen LogP contribution < -0.4 is 11.1 Å². The van der Waals surface area contributed by atoms with Crippen molar-refractivity contribution in [2.75, 3.05) is 19.8 Å². The lowest BCUT2D eigenvalue weighted by atomic mass is 10.0. The van der Waals surface area contributed by atoms with Gasteiger partial charge in [0.25, 0.3) is 0 Å². The monoisotopic (exact) mass is 632 g/mol. The van der Waals surface area contributed by atoms with E-state index in [9.17, 15) is 24.5 Å². The summed E-state index contributed by atoms with van der Waals surface area (Å²) >= 11 is 0. The summed E-state index contributed by atoms with van der Waals surface area (Å²) in [5.41, 5.74) is 5.32. The van der Waals surface area contributed by atoms with Crippen LogP contribution in [0.1, 0.15) is 142 Å². The molecular formula is C33H65N2O7P. The van der Waals surface area contributed by atoms with E-state index in [1.165, 1.54) is 77.0 Å². The van der Waals surface area contributed by atoms with Gasteiger partial charge in [-0.15, -0.1) is 0 Å². The van der Waals surface area contributed by atoms with Gasteiger partial charge in [-0.3, -0.25) is 13.8 Å². The van der Waals surface area contributed by atoms with Crippen LogP contribution in [0.25, 0.3) is 0 Å². The standard InChI is InChI=1S/C33H65N2O7P/c1-3-5-7-9-11-13-14-15-17-19-21-23-25-32(37)31(29-42-43(39,40)41-27-26-34)35-33(38)28-30(36)24-22-20-18-16-12-10-8-6-4-2/h15,17,23,25,30-32,36-37H,3-14,16,18-22,24,26-29,34H2,1-2H3,(H,35,38)(H,39,40)/b17-15+,25-23+. The molecule has 0 radical (unpaired) electrons. The number of phosphoric ester groups is 1. The summed E-state index contributed by atoms with van der Waals surface area (Å²) < 4.78 is 21.9. The Balaban J connectivity index is 4.60. The fraction of sp³-hybridized carbons (Fsp3) is 0.848. The minimum atomic E-state index is -4.39. The highest BCUT2D eigenvalue weighted by molar-refractivity contribution is 7.47. The number of unbranched alkanes of at least 4 members (excludes halogenated alkanes) is 15. The fourth-order valence-electron chi connectivity index (χ4n) is 4.72. The Morgan fingerprint density at radius 3 is 1.93 bits per heavy atom. The summed E-state index contributed by atoms with van der Waals surface area (Å²) in [7, 11) is -4.39.